The molecule has 1 N–H and O–H groups in total. The van der Waals surface area contributed by atoms with Gasteiger partial charge >= 0.3 is 5.97 Å². The molecule has 0 aromatic carbocycles. The van der Waals surface area contributed by atoms with Gasteiger partial charge in [-0.1, -0.05) is 37.9 Å². The van der Waals surface area contributed by atoms with Gasteiger partial charge in [0.15, 0.2) is 0 Å². The van der Waals surface area contributed by atoms with E-state index in [2.05, 4.69) is 22.4 Å². The van der Waals surface area contributed by atoms with Gasteiger partial charge in [0, 0.05) is 6.54 Å². The van der Waals surface area contributed by atoms with Gasteiger partial charge in [-0.3, -0.25) is 4.79 Å². The Balaban J connectivity index is 1.82. The van der Waals surface area contributed by atoms with Gasteiger partial charge in [0.05, 0.1) is 5.75 Å². The summed E-state index contributed by atoms with van der Waals surface area (Å²) >= 11 is 1.18. The second-order valence-corrected chi connectivity index (χ2v) is 6.24. The number of aryl methyl sites for hydroxylation is 1. The molecule has 7 heteroatoms. The molecule has 0 bridgehead atoms. The van der Waals surface area contributed by atoms with Crippen molar-refractivity contribution in [1.82, 2.24) is 20.2 Å². The predicted octanol–water partition coefficient (Wildman–Crippen LogP) is 2.07. The van der Waals surface area contributed by atoms with Crippen LogP contribution in [0.25, 0.3) is 0 Å². The number of aromatic nitrogens is 4. The van der Waals surface area contributed by atoms with Crippen molar-refractivity contribution in [2.45, 2.75) is 50.7 Å². The number of carboxylic acids is 1. The standard InChI is InChI=1S/C12H20N4O2S/c1-9-3-2-4-10(7-9)5-6-16-12(13-14-15-16)19-8-11(17)18/h9-10H,2-8H2,1H3,(H,17,18). The first kappa shape index (κ1) is 14.3. The first-order chi connectivity index (χ1) is 9.15. The number of hydrogen-bond donors (Lipinski definition) is 1. The van der Waals surface area contributed by atoms with Crippen LogP contribution in [-0.4, -0.2) is 37.0 Å². The van der Waals surface area contributed by atoms with Gasteiger partial charge < -0.3 is 5.11 Å². The van der Waals surface area contributed by atoms with E-state index in [0.29, 0.717) is 5.16 Å². The Morgan fingerprint density at radius 3 is 3.11 bits per heavy atom. The fourth-order valence-corrected chi connectivity index (χ4v) is 3.32. The Labute approximate surface area is 117 Å². The highest BCUT2D eigenvalue weighted by molar-refractivity contribution is 7.99. The van der Waals surface area contributed by atoms with Crippen molar-refractivity contribution in [2.75, 3.05) is 5.75 Å². The molecule has 1 aromatic heterocycles. The topological polar surface area (TPSA) is 80.9 Å². The Morgan fingerprint density at radius 2 is 2.37 bits per heavy atom. The van der Waals surface area contributed by atoms with Gasteiger partial charge in [0.1, 0.15) is 0 Å². The smallest absolute Gasteiger partial charge is 0.313 e. The monoisotopic (exact) mass is 284 g/mol. The third-order valence-corrected chi connectivity index (χ3v) is 4.56. The van der Waals surface area contributed by atoms with Crippen LogP contribution in [0.2, 0.25) is 0 Å². The summed E-state index contributed by atoms with van der Waals surface area (Å²) in [5.74, 6) is 0.736. The van der Waals surface area contributed by atoms with E-state index in [9.17, 15) is 4.79 Å². The number of carboxylic acid groups (broad SMARTS) is 1. The summed E-state index contributed by atoms with van der Waals surface area (Å²) in [5.41, 5.74) is 0. The van der Waals surface area contributed by atoms with Crippen molar-refractivity contribution < 1.29 is 9.90 Å². The molecule has 1 aliphatic rings. The summed E-state index contributed by atoms with van der Waals surface area (Å²) in [6.07, 6.45) is 6.34. The number of aliphatic carboxylic acids is 1. The molecule has 2 rings (SSSR count). The number of tetrazole rings is 1. The van der Waals surface area contributed by atoms with Crippen molar-refractivity contribution >= 4 is 17.7 Å². The minimum Gasteiger partial charge on any atom is -0.481 e. The van der Waals surface area contributed by atoms with Crippen LogP contribution in [0.4, 0.5) is 0 Å². The Morgan fingerprint density at radius 1 is 1.53 bits per heavy atom. The number of hydrogen-bond acceptors (Lipinski definition) is 5. The molecule has 2 unspecified atom stereocenters. The molecule has 0 radical (unpaired) electrons. The van der Waals surface area contributed by atoms with Crippen molar-refractivity contribution in [3.05, 3.63) is 0 Å². The second-order valence-electron chi connectivity index (χ2n) is 5.29. The molecule has 0 amide bonds. The first-order valence-electron chi connectivity index (χ1n) is 6.76. The van der Waals surface area contributed by atoms with Gasteiger partial charge in [-0.2, -0.15) is 0 Å². The maximum Gasteiger partial charge on any atom is 0.313 e. The number of rotatable bonds is 6. The maximum absolute atomic E-state index is 10.5. The van der Waals surface area contributed by atoms with Crippen LogP contribution >= 0.6 is 11.8 Å². The Hall–Kier alpha value is -1.11. The fraction of sp³-hybridized carbons (Fsp3) is 0.833. The van der Waals surface area contributed by atoms with Crippen LogP contribution in [0.1, 0.15) is 39.0 Å². The van der Waals surface area contributed by atoms with Crippen molar-refractivity contribution in [2.24, 2.45) is 11.8 Å². The normalized spacial score (nSPS) is 23.4. The third kappa shape index (κ3) is 4.49. The van der Waals surface area contributed by atoms with Gasteiger partial charge in [0.25, 0.3) is 0 Å². The first-order valence-corrected chi connectivity index (χ1v) is 7.74. The molecular weight excluding hydrogens is 264 g/mol. The zero-order chi connectivity index (χ0) is 13.7. The van der Waals surface area contributed by atoms with Crippen molar-refractivity contribution in [1.29, 1.82) is 0 Å². The van der Waals surface area contributed by atoms with Gasteiger partial charge in [-0.05, 0) is 35.1 Å². The molecule has 106 valence electrons. The molecule has 1 aliphatic carbocycles. The zero-order valence-corrected chi connectivity index (χ0v) is 12.0. The Bertz CT molecular complexity index is 424. The number of nitrogens with zero attached hydrogens (tertiary/aromatic N) is 4. The molecule has 1 saturated carbocycles. The SMILES string of the molecule is CC1CCCC(CCn2nnnc2SCC(=O)O)C1. The largest absolute Gasteiger partial charge is 0.481 e. The number of thioether (sulfide) groups is 1. The summed E-state index contributed by atoms with van der Waals surface area (Å²) in [6.45, 7) is 3.10. The van der Waals surface area contributed by atoms with E-state index in [4.69, 9.17) is 5.11 Å². The summed E-state index contributed by atoms with van der Waals surface area (Å²) in [7, 11) is 0. The van der Waals surface area contributed by atoms with Crippen LogP contribution in [-0.2, 0) is 11.3 Å². The lowest BCUT2D eigenvalue weighted by atomic mass is 9.81. The van der Waals surface area contributed by atoms with E-state index in [1.54, 1.807) is 4.68 Å². The Kier molecular flexibility index (Phi) is 5.18. The van der Waals surface area contributed by atoms with Crippen LogP contribution in [0.5, 0.6) is 0 Å². The van der Waals surface area contributed by atoms with Crippen molar-refractivity contribution in [3.8, 4) is 0 Å². The highest BCUT2D eigenvalue weighted by Gasteiger charge is 2.19. The van der Waals surface area contributed by atoms with E-state index >= 15 is 0 Å². The average molecular weight is 284 g/mol. The van der Waals surface area contributed by atoms with Crippen LogP contribution in [0, 0.1) is 11.8 Å². The molecule has 1 aromatic rings. The maximum atomic E-state index is 10.5. The third-order valence-electron chi connectivity index (χ3n) is 3.62. The fourth-order valence-electron chi connectivity index (χ4n) is 2.69. The minimum atomic E-state index is -0.847. The highest BCUT2D eigenvalue weighted by Crippen LogP contribution is 2.31. The molecule has 2 atom stereocenters. The summed E-state index contributed by atoms with van der Waals surface area (Å²) < 4.78 is 1.73. The predicted molar refractivity (Wildman–Crippen MR) is 71.9 cm³/mol. The van der Waals surface area contributed by atoms with Crippen LogP contribution in [0.3, 0.4) is 0 Å². The van der Waals surface area contributed by atoms with E-state index in [1.807, 2.05) is 0 Å². The van der Waals surface area contributed by atoms with Crippen molar-refractivity contribution in [3.63, 3.8) is 0 Å². The summed E-state index contributed by atoms with van der Waals surface area (Å²) in [5, 5.41) is 20.7. The summed E-state index contributed by atoms with van der Waals surface area (Å²) in [4.78, 5) is 10.5. The van der Waals surface area contributed by atoms with E-state index in [0.717, 1.165) is 24.8 Å². The van der Waals surface area contributed by atoms with Crippen LogP contribution in [0.15, 0.2) is 5.16 Å². The molecule has 0 spiro atoms. The lowest BCUT2D eigenvalue weighted by Gasteiger charge is -2.26. The van der Waals surface area contributed by atoms with Gasteiger partial charge in [-0.15, -0.1) is 5.10 Å². The zero-order valence-electron chi connectivity index (χ0n) is 11.2. The molecule has 0 aliphatic heterocycles. The summed E-state index contributed by atoms with van der Waals surface area (Å²) in [6, 6.07) is 0. The molecule has 1 heterocycles. The quantitative estimate of drug-likeness (QED) is 0.805. The molecule has 6 nitrogen and oxygen atoms in total. The van der Waals surface area contributed by atoms with E-state index < -0.39 is 5.97 Å². The molecular formula is C12H20N4O2S. The van der Waals surface area contributed by atoms with Gasteiger partial charge in [-0.25, -0.2) is 4.68 Å². The van der Waals surface area contributed by atoms with E-state index in [1.165, 1.54) is 37.4 Å². The molecule has 1 fully saturated rings. The molecule has 19 heavy (non-hydrogen) atoms. The molecule has 0 saturated heterocycles. The lowest BCUT2D eigenvalue weighted by molar-refractivity contribution is -0.133. The minimum absolute atomic E-state index is 0.000829. The van der Waals surface area contributed by atoms with E-state index in [-0.39, 0.29) is 5.75 Å². The average Bonchev–Trinajstić information content (AvgIpc) is 2.81. The second kappa shape index (κ2) is 6.88. The van der Waals surface area contributed by atoms with Gasteiger partial charge in [0.2, 0.25) is 5.16 Å². The highest BCUT2D eigenvalue weighted by atomic mass is 32.2. The van der Waals surface area contributed by atoms with Crippen LogP contribution < -0.4 is 0 Å². The number of carbonyl (C=O) groups is 1. The lowest BCUT2D eigenvalue weighted by Crippen LogP contribution is -2.16.